The van der Waals surface area contributed by atoms with Crippen LogP contribution in [0.5, 0.6) is 5.75 Å². The fourth-order valence-corrected chi connectivity index (χ4v) is 4.23. The summed E-state index contributed by atoms with van der Waals surface area (Å²) < 4.78 is 5.55. The minimum atomic E-state index is -0.00526. The summed E-state index contributed by atoms with van der Waals surface area (Å²) in [6.45, 7) is 4.67. The highest BCUT2D eigenvalue weighted by Gasteiger charge is 2.42. The Morgan fingerprint density at radius 3 is 2.81 bits per heavy atom. The van der Waals surface area contributed by atoms with Gasteiger partial charge in [-0.15, -0.1) is 0 Å². The molecule has 1 amide bonds. The zero-order valence-corrected chi connectivity index (χ0v) is 13.0. The number of para-hydroxylation sites is 1. The van der Waals surface area contributed by atoms with Crippen LogP contribution < -0.4 is 10.1 Å². The van der Waals surface area contributed by atoms with Crippen LogP contribution in [-0.2, 0) is 0 Å². The van der Waals surface area contributed by atoms with Crippen molar-refractivity contribution >= 4 is 5.91 Å². The summed E-state index contributed by atoms with van der Waals surface area (Å²) in [5.41, 5.74) is 0.648. The van der Waals surface area contributed by atoms with Gasteiger partial charge in [-0.3, -0.25) is 4.79 Å². The van der Waals surface area contributed by atoms with Gasteiger partial charge in [-0.25, -0.2) is 0 Å². The number of nitrogens with one attached hydrogen (secondary N) is 1. The Labute approximate surface area is 127 Å². The summed E-state index contributed by atoms with van der Waals surface area (Å²) in [6, 6.07) is 7.75. The van der Waals surface area contributed by atoms with Crippen LogP contribution in [0.2, 0.25) is 0 Å². The Balaban J connectivity index is 1.66. The maximum atomic E-state index is 12.5. The van der Waals surface area contributed by atoms with E-state index in [2.05, 4.69) is 12.2 Å². The van der Waals surface area contributed by atoms with Gasteiger partial charge in [0, 0.05) is 6.04 Å². The first-order chi connectivity index (χ1) is 10.2. The van der Waals surface area contributed by atoms with Crippen molar-refractivity contribution in [2.24, 2.45) is 17.8 Å². The molecule has 2 bridgehead atoms. The van der Waals surface area contributed by atoms with E-state index in [1.165, 1.54) is 25.7 Å². The molecule has 0 aliphatic heterocycles. The first-order valence-corrected chi connectivity index (χ1v) is 8.21. The highest BCUT2D eigenvalue weighted by Crippen LogP contribution is 2.49. The highest BCUT2D eigenvalue weighted by atomic mass is 16.5. The van der Waals surface area contributed by atoms with Crippen molar-refractivity contribution in [2.75, 3.05) is 6.61 Å². The van der Waals surface area contributed by atoms with Gasteiger partial charge in [0.05, 0.1) is 12.2 Å². The number of amides is 1. The lowest BCUT2D eigenvalue weighted by atomic mass is 9.84. The molecule has 0 aromatic heterocycles. The molecule has 1 aromatic carbocycles. The van der Waals surface area contributed by atoms with E-state index in [9.17, 15) is 4.79 Å². The van der Waals surface area contributed by atoms with Crippen LogP contribution in [0.4, 0.5) is 0 Å². The number of benzene rings is 1. The normalized spacial score (nSPS) is 28.4. The molecule has 2 aliphatic rings. The first-order valence-electron chi connectivity index (χ1n) is 8.21. The molecule has 114 valence electrons. The number of ether oxygens (including phenoxy) is 1. The van der Waals surface area contributed by atoms with Crippen LogP contribution in [0.3, 0.4) is 0 Å². The van der Waals surface area contributed by atoms with Crippen LogP contribution in [0.25, 0.3) is 0 Å². The van der Waals surface area contributed by atoms with Crippen LogP contribution in [0.15, 0.2) is 24.3 Å². The first kappa shape index (κ1) is 14.4. The Bertz CT molecular complexity index is 514. The quantitative estimate of drug-likeness (QED) is 0.898. The Morgan fingerprint density at radius 1 is 1.33 bits per heavy atom. The summed E-state index contributed by atoms with van der Waals surface area (Å²) in [6.07, 6.45) is 5.42. The van der Waals surface area contributed by atoms with Gasteiger partial charge in [0.1, 0.15) is 5.75 Å². The average molecular weight is 287 g/mol. The minimum Gasteiger partial charge on any atom is -0.493 e. The maximum Gasteiger partial charge on any atom is 0.255 e. The molecular formula is C18H25NO2. The van der Waals surface area contributed by atoms with Crippen molar-refractivity contribution in [3.05, 3.63) is 29.8 Å². The molecule has 0 saturated heterocycles. The Morgan fingerprint density at radius 2 is 2.14 bits per heavy atom. The topological polar surface area (TPSA) is 38.3 Å². The summed E-state index contributed by atoms with van der Waals surface area (Å²) >= 11 is 0. The van der Waals surface area contributed by atoms with Crippen molar-refractivity contribution in [3.63, 3.8) is 0 Å². The molecule has 3 rings (SSSR count). The molecule has 4 unspecified atom stereocenters. The molecule has 2 fully saturated rings. The lowest BCUT2D eigenvalue weighted by Crippen LogP contribution is -2.40. The van der Waals surface area contributed by atoms with E-state index in [-0.39, 0.29) is 11.9 Å². The van der Waals surface area contributed by atoms with Gasteiger partial charge in [-0.2, -0.15) is 0 Å². The summed E-state index contributed by atoms with van der Waals surface area (Å²) in [5, 5.41) is 3.20. The number of fused-ring (bicyclic) bond motifs is 2. The van der Waals surface area contributed by atoms with Crippen LogP contribution in [0, 0.1) is 17.8 Å². The molecule has 0 heterocycles. The van der Waals surface area contributed by atoms with Gasteiger partial charge in [0.15, 0.2) is 0 Å². The summed E-state index contributed by atoms with van der Waals surface area (Å²) in [7, 11) is 0. The number of carbonyl (C=O) groups excluding carboxylic acids is 1. The monoisotopic (exact) mass is 287 g/mol. The number of hydrogen-bond donors (Lipinski definition) is 1. The van der Waals surface area contributed by atoms with Gasteiger partial charge in [0.25, 0.3) is 5.91 Å². The average Bonchev–Trinajstić information content (AvgIpc) is 3.10. The molecule has 3 nitrogen and oxygen atoms in total. The molecule has 4 atom stereocenters. The Hall–Kier alpha value is -1.51. The summed E-state index contributed by atoms with van der Waals surface area (Å²) in [4.78, 5) is 12.5. The maximum absolute atomic E-state index is 12.5. The SMILES string of the molecule is CCOc1ccccc1C(=O)NC(C)C1CC2CCC1C2. The van der Waals surface area contributed by atoms with Crippen molar-refractivity contribution in [2.45, 2.75) is 45.6 Å². The molecule has 2 aliphatic carbocycles. The van der Waals surface area contributed by atoms with Crippen LogP contribution in [-0.4, -0.2) is 18.6 Å². The second-order valence-corrected chi connectivity index (χ2v) is 6.53. The lowest BCUT2D eigenvalue weighted by molar-refractivity contribution is 0.0911. The number of rotatable bonds is 5. The smallest absolute Gasteiger partial charge is 0.255 e. The standard InChI is InChI=1S/C18H25NO2/c1-3-21-17-7-5-4-6-15(17)18(20)19-12(2)16-11-13-8-9-14(16)10-13/h4-7,12-14,16H,3,8-11H2,1-2H3,(H,19,20). The Kier molecular flexibility index (Phi) is 4.18. The molecule has 0 radical (unpaired) electrons. The molecule has 0 spiro atoms. The lowest BCUT2D eigenvalue weighted by Gasteiger charge is -2.28. The summed E-state index contributed by atoms with van der Waals surface area (Å²) in [5.74, 6) is 3.07. The predicted molar refractivity (Wildman–Crippen MR) is 83.5 cm³/mol. The molecule has 2 saturated carbocycles. The largest absolute Gasteiger partial charge is 0.493 e. The van der Waals surface area contributed by atoms with Gasteiger partial charge in [-0.05, 0) is 63.0 Å². The van der Waals surface area contributed by atoms with Crippen molar-refractivity contribution in [1.82, 2.24) is 5.32 Å². The van der Waals surface area contributed by atoms with E-state index >= 15 is 0 Å². The zero-order valence-electron chi connectivity index (χ0n) is 13.0. The zero-order chi connectivity index (χ0) is 14.8. The van der Waals surface area contributed by atoms with E-state index in [0.29, 0.717) is 23.8 Å². The van der Waals surface area contributed by atoms with Gasteiger partial charge in [0.2, 0.25) is 0 Å². The van der Waals surface area contributed by atoms with E-state index in [0.717, 1.165) is 11.8 Å². The van der Waals surface area contributed by atoms with Crippen molar-refractivity contribution in [3.8, 4) is 5.75 Å². The number of carbonyl (C=O) groups is 1. The van der Waals surface area contributed by atoms with E-state index in [4.69, 9.17) is 4.74 Å². The van der Waals surface area contributed by atoms with E-state index < -0.39 is 0 Å². The van der Waals surface area contributed by atoms with Gasteiger partial charge < -0.3 is 10.1 Å². The molecule has 3 heteroatoms. The fraction of sp³-hybridized carbons (Fsp3) is 0.611. The van der Waals surface area contributed by atoms with Gasteiger partial charge >= 0.3 is 0 Å². The predicted octanol–water partition coefficient (Wildman–Crippen LogP) is 3.64. The molecule has 1 aromatic rings. The second-order valence-electron chi connectivity index (χ2n) is 6.53. The number of hydrogen-bond acceptors (Lipinski definition) is 2. The molecule has 21 heavy (non-hydrogen) atoms. The van der Waals surface area contributed by atoms with E-state index in [1.807, 2.05) is 31.2 Å². The van der Waals surface area contributed by atoms with Crippen molar-refractivity contribution < 1.29 is 9.53 Å². The fourth-order valence-electron chi connectivity index (χ4n) is 4.23. The highest BCUT2D eigenvalue weighted by molar-refractivity contribution is 5.97. The second kappa shape index (κ2) is 6.08. The van der Waals surface area contributed by atoms with E-state index in [1.54, 1.807) is 0 Å². The third kappa shape index (κ3) is 2.92. The third-order valence-corrected chi connectivity index (χ3v) is 5.23. The molecular weight excluding hydrogens is 262 g/mol. The van der Waals surface area contributed by atoms with Gasteiger partial charge in [-0.1, -0.05) is 18.6 Å². The van der Waals surface area contributed by atoms with Crippen molar-refractivity contribution in [1.29, 1.82) is 0 Å². The third-order valence-electron chi connectivity index (χ3n) is 5.23. The minimum absolute atomic E-state index is 0.00526. The van der Waals surface area contributed by atoms with Crippen LogP contribution in [0.1, 0.15) is 49.9 Å². The molecule has 1 N–H and O–H groups in total. The van der Waals surface area contributed by atoms with Crippen LogP contribution >= 0.6 is 0 Å².